The lowest BCUT2D eigenvalue weighted by atomic mass is 10.1. The Kier molecular flexibility index (Phi) is 5.14. The highest BCUT2D eigenvalue weighted by molar-refractivity contribution is 5.93. The summed E-state index contributed by atoms with van der Waals surface area (Å²) < 4.78 is 10.5. The number of benzene rings is 1. The Morgan fingerprint density at radius 1 is 1.14 bits per heavy atom. The Hall–Kier alpha value is -2.37. The van der Waals surface area contributed by atoms with Gasteiger partial charge in [0.1, 0.15) is 11.3 Å². The molecule has 0 radical (unpaired) electrons. The Morgan fingerprint density at radius 3 is 2.55 bits per heavy atom. The molecule has 1 aromatic carbocycles. The second-order valence-electron chi connectivity index (χ2n) is 5.16. The number of carbonyl (C=O) groups excluding carboxylic acids is 3. The average molecular weight is 305 g/mol. The minimum absolute atomic E-state index is 0.120. The van der Waals surface area contributed by atoms with Gasteiger partial charge in [-0.3, -0.25) is 9.59 Å². The van der Waals surface area contributed by atoms with E-state index in [-0.39, 0.29) is 17.2 Å². The van der Waals surface area contributed by atoms with Gasteiger partial charge in [0.2, 0.25) is 5.91 Å². The first-order valence-corrected chi connectivity index (χ1v) is 7.24. The average Bonchev–Trinajstić information content (AvgIpc) is 2.47. The standard InChI is InChI=1S/C16H19NO5/c1-11(18)17-10-6-5-9-15(17)22-16(20)13-7-3-4-8-14(13)21-12(2)19/h3-4,7-8,15H,5-6,9-10H2,1-2H3. The van der Waals surface area contributed by atoms with Crippen molar-refractivity contribution in [3.05, 3.63) is 29.8 Å². The SMILES string of the molecule is CC(=O)Oc1ccccc1C(=O)OC1CCCCN1C(C)=O. The molecule has 0 aliphatic carbocycles. The molecule has 0 bridgehead atoms. The van der Waals surface area contributed by atoms with Crippen molar-refractivity contribution in [2.75, 3.05) is 6.54 Å². The number of nitrogens with zero attached hydrogens (tertiary/aromatic N) is 1. The fourth-order valence-electron chi connectivity index (χ4n) is 2.45. The number of esters is 2. The molecule has 6 heteroatoms. The maximum atomic E-state index is 12.3. The molecule has 1 aliphatic heterocycles. The first kappa shape index (κ1) is 16.0. The van der Waals surface area contributed by atoms with Gasteiger partial charge in [0.05, 0.1) is 0 Å². The van der Waals surface area contributed by atoms with Gasteiger partial charge in [-0.1, -0.05) is 12.1 Å². The quantitative estimate of drug-likeness (QED) is 0.632. The van der Waals surface area contributed by atoms with E-state index in [0.717, 1.165) is 12.8 Å². The number of hydrogen-bond donors (Lipinski definition) is 0. The topological polar surface area (TPSA) is 72.9 Å². The number of carbonyl (C=O) groups is 3. The highest BCUT2D eigenvalue weighted by atomic mass is 16.6. The number of piperidine rings is 1. The van der Waals surface area contributed by atoms with Crippen molar-refractivity contribution >= 4 is 17.8 Å². The van der Waals surface area contributed by atoms with E-state index >= 15 is 0 Å². The third kappa shape index (κ3) is 3.84. The van der Waals surface area contributed by atoms with Crippen molar-refractivity contribution in [1.29, 1.82) is 0 Å². The number of amides is 1. The predicted octanol–water partition coefficient (Wildman–Crippen LogP) is 2.13. The first-order valence-electron chi connectivity index (χ1n) is 7.24. The predicted molar refractivity (Wildman–Crippen MR) is 78.2 cm³/mol. The van der Waals surface area contributed by atoms with Crippen LogP contribution in [0.15, 0.2) is 24.3 Å². The van der Waals surface area contributed by atoms with Crippen LogP contribution in [0.4, 0.5) is 0 Å². The van der Waals surface area contributed by atoms with Crippen molar-refractivity contribution < 1.29 is 23.9 Å². The molecule has 0 aromatic heterocycles. The molecule has 0 spiro atoms. The third-order valence-electron chi connectivity index (χ3n) is 3.46. The third-order valence-corrected chi connectivity index (χ3v) is 3.46. The van der Waals surface area contributed by atoms with Crippen LogP contribution in [0.2, 0.25) is 0 Å². The van der Waals surface area contributed by atoms with Crippen LogP contribution < -0.4 is 4.74 Å². The lowest BCUT2D eigenvalue weighted by Crippen LogP contribution is -2.45. The summed E-state index contributed by atoms with van der Waals surface area (Å²) in [5.74, 6) is -1.07. The van der Waals surface area contributed by atoms with Crippen molar-refractivity contribution in [2.45, 2.75) is 39.3 Å². The normalized spacial score (nSPS) is 17.7. The van der Waals surface area contributed by atoms with E-state index in [9.17, 15) is 14.4 Å². The van der Waals surface area contributed by atoms with Crippen molar-refractivity contribution in [3.63, 3.8) is 0 Å². The Morgan fingerprint density at radius 2 is 1.86 bits per heavy atom. The zero-order chi connectivity index (χ0) is 16.1. The summed E-state index contributed by atoms with van der Waals surface area (Å²) in [6.45, 7) is 3.30. The minimum atomic E-state index is -0.602. The largest absolute Gasteiger partial charge is 0.438 e. The fourth-order valence-corrected chi connectivity index (χ4v) is 2.45. The lowest BCUT2D eigenvalue weighted by Gasteiger charge is -2.34. The van der Waals surface area contributed by atoms with Crippen LogP contribution in [0.3, 0.4) is 0 Å². The van der Waals surface area contributed by atoms with Crippen molar-refractivity contribution in [3.8, 4) is 5.75 Å². The number of likely N-dealkylation sites (tertiary alicyclic amines) is 1. The number of para-hydroxylation sites is 1. The zero-order valence-electron chi connectivity index (χ0n) is 12.7. The number of ether oxygens (including phenoxy) is 2. The van der Waals surface area contributed by atoms with Gasteiger partial charge in [0, 0.05) is 26.8 Å². The van der Waals surface area contributed by atoms with E-state index in [4.69, 9.17) is 9.47 Å². The van der Waals surface area contributed by atoms with Crippen LogP contribution in [-0.4, -0.2) is 35.5 Å². The van der Waals surface area contributed by atoms with E-state index < -0.39 is 18.2 Å². The molecule has 22 heavy (non-hydrogen) atoms. The molecular weight excluding hydrogens is 286 g/mol. The summed E-state index contributed by atoms with van der Waals surface area (Å²) in [6.07, 6.45) is 1.84. The second kappa shape index (κ2) is 7.06. The van der Waals surface area contributed by atoms with E-state index in [1.807, 2.05) is 0 Å². The monoisotopic (exact) mass is 305 g/mol. The van der Waals surface area contributed by atoms with Gasteiger partial charge in [0.25, 0.3) is 0 Å². The van der Waals surface area contributed by atoms with Crippen LogP contribution in [0, 0.1) is 0 Å². The molecule has 1 fully saturated rings. The van der Waals surface area contributed by atoms with Gasteiger partial charge < -0.3 is 14.4 Å². The van der Waals surface area contributed by atoms with Gasteiger partial charge in [-0.05, 0) is 25.0 Å². The molecule has 118 valence electrons. The second-order valence-corrected chi connectivity index (χ2v) is 5.16. The molecular formula is C16H19NO5. The Bertz CT molecular complexity index is 584. The van der Waals surface area contributed by atoms with Crippen LogP contribution in [0.25, 0.3) is 0 Å². The smallest absolute Gasteiger partial charge is 0.343 e. The highest BCUT2D eigenvalue weighted by Crippen LogP contribution is 2.23. The van der Waals surface area contributed by atoms with E-state index in [1.54, 1.807) is 17.0 Å². The summed E-state index contributed by atoms with van der Waals surface area (Å²) in [5, 5.41) is 0. The molecule has 0 saturated carbocycles. The van der Waals surface area contributed by atoms with Gasteiger partial charge in [-0.15, -0.1) is 0 Å². The van der Waals surface area contributed by atoms with Gasteiger partial charge >= 0.3 is 11.9 Å². The molecule has 6 nitrogen and oxygen atoms in total. The summed E-state index contributed by atoms with van der Waals surface area (Å²) >= 11 is 0. The van der Waals surface area contributed by atoms with E-state index in [1.165, 1.54) is 26.0 Å². The van der Waals surface area contributed by atoms with Crippen LogP contribution in [0.1, 0.15) is 43.5 Å². The fraction of sp³-hybridized carbons (Fsp3) is 0.438. The molecule has 1 amide bonds. The molecule has 2 rings (SSSR count). The molecule has 1 heterocycles. The highest BCUT2D eigenvalue weighted by Gasteiger charge is 2.28. The van der Waals surface area contributed by atoms with E-state index in [2.05, 4.69) is 0 Å². The van der Waals surface area contributed by atoms with Crippen LogP contribution in [0.5, 0.6) is 5.75 Å². The molecule has 1 atom stereocenters. The Labute approximate surface area is 129 Å². The van der Waals surface area contributed by atoms with E-state index in [0.29, 0.717) is 13.0 Å². The summed E-state index contributed by atoms with van der Waals surface area (Å²) in [4.78, 5) is 36.6. The summed E-state index contributed by atoms with van der Waals surface area (Å²) in [6, 6.07) is 6.38. The maximum absolute atomic E-state index is 12.3. The molecule has 0 N–H and O–H groups in total. The van der Waals surface area contributed by atoms with Crippen molar-refractivity contribution in [1.82, 2.24) is 4.90 Å². The summed E-state index contributed by atoms with van der Waals surface area (Å²) in [7, 11) is 0. The van der Waals surface area contributed by atoms with Gasteiger partial charge in [0.15, 0.2) is 6.23 Å². The van der Waals surface area contributed by atoms with Gasteiger partial charge in [-0.2, -0.15) is 0 Å². The molecule has 1 saturated heterocycles. The summed E-state index contributed by atoms with van der Waals surface area (Å²) in [5.41, 5.74) is 0.173. The maximum Gasteiger partial charge on any atom is 0.343 e. The molecule has 1 aliphatic rings. The van der Waals surface area contributed by atoms with Crippen LogP contribution >= 0.6 is 0 Å². The minimum Gasteiger partial charge on any atom is -0.438 e. The first-order chi connectivity index (χ1) is 10.5. The zero-order valence-corrected chi connectivity index (χ0v) is 12.7. The van der Waals surface area contributed by atoms with Crippen molar-refractivity contribution in [2.24, 2.45) is 0 Å². The lowest BCUT2D eigenvalue weighted by molar-refractivity contribution is -0.142. The number of rotatable bonds is 3. The van der Waals surface area contributed by atoms with Gasteiger partial charge in [-0.25, -0.2) is 4.79 Å². The Balaban J connectivity index is 2.14. The molecule has 1 aromatic rings. The van der Waals surface area contributed by atoms with Crippen LogP contribution in [-0.2, 0) is 14.3 Å². The number of hydrogen-bond acceptors (Lipinski definition) is 5. The molecule has 1 unspecified atom stereocenters.